The van der Waals surface area contributed by atoms with E-state index >= 15 is 0 Å². The molecule has 26 heavy (non-hydrogen) atoms. The summed E-state index contributed by atoms with van der Waals surface area (Å²) in [5.41, 5.74) is 1.36. The first-order valence-electron chi connectivity index (χ1n) is 9.34. The van der Waals surface area contributed by atoms with Crippen molar-refractivity contribution in [3.63, 3.8) is 0 Å². The number of aromatic nitrogens is 2. The van der Waals surface area contributed by atoms with Crippen molar-refractivity contribution >= 4 is 17.7 Å². The van der Waals surface area contributed by atoms with Crippen LogP contribution in [0.4, 0.5) is 0 Å². The smallest absolute Gasteiger partial charge is 0.277 e. The lowest BCUT2D eigenvalue weighted by Crippen LogP contribution is -3.14. The zero-order valence-electron chi connectivity index (χ0n) is 15.1. The van der Waals surface area contributed by atoms with Crippen LogP contribution in [-0.2, 0) is 4.79 Å². The standard InChI is InChI=1S/C19H24N4O2S/c1-14(15-5-3-2-4-6-15)22-9-11-23(12-10-22)17(24)13-26-19-21-20-18(25-19)16-7-8-16/h2-6,14,16H,7-13H2,1H3/p+1/t14-/m1/s1. The zero-order valence-corrected chi connectivity index (χ0v) is 15.9. The van der Waals surface area contributed by atoms with Crippen LogP contribution in [0.2, 0.25) is 0 Å². The number of carbonyl (C=O) groups excluding carboxylic acids is 1. The van der Waals surface area contributed by atoms with Gasteiger partial charge in [-0.2, -0.15) is 0 Å². The molecule has 1 aliphatic carbocycles. The highest BCUT2D eigenvalue weighted by molar-refractivity contribution is 7.99. The minimum absolute atomic E-state index is 0.160. The maximum atomic E-state index is 12.5. The molecule has 6 nitrogen and oxygen atoms in total. The largest absolute Gasteiger partial charge is 0.416 e. The van der Waals surface area contributed by atoms with Gasteiger partial charge in [-0.3, -0.25) is 4.79 Å². The van der Waals surface area contributed by atoms with Gasteiger partial charge in [0.15, 0.2) is 0 Å². The second-order valence-corrected chi connectivity index (χ2v) is 8.07. The molecule has 1 saturated carbocycles. The fourth-order valence-corrected chi connectivity index (χ4v) is 4.11. The zero-order chi connectivity index (χ0) is 17.9. The SMILES string of the molecule is C[C@H](c1ccccc1)[NH+]1CCN(C(=O)CSc2nnc(C3CC3)o2)CC1. The summed E-state index contributed by atoms with van der Waals surface area (Å²) in [6.07, 6.45) is 2.28. The van der Waals surface area contributed by atoms with Crippen molar-refractivity contribution in [2.24, 2.45) is 0 Å². The van der Waals surface area contributed by atoms with Crippen molar-refractivity contribution < 1.29 is 14.1 Å². The monoisotopic (exact) mass is 373 g/mol. The molecule has 1 amide bonds. The average molecular weight is 374 g/mol. The van der Waals surface area contributed by atoms with Gasteiger partial charge in [0.25, 0.3) is 5.22 Å². The molecule has 2 heterocycles. The van der Waals surface area contributed by atoms with Crippen LogP contribution in [0.5, 0.6) is 0 Å². The Hall–Kier alpha value is -1.86. The Morgan fingerprint density at radius 3 is 2.69 bits per heavy atom. The van der Waals surface area contributed by atoms with E-state index in [9.17, 15) is 4.79 Å². The molecule has 0 spiro atoms. The van der Waals surface area contributed by atoms with Crippen molar-refractivity contribution in [2.45, 2.75) is 36.9 Å². The lowest BCUT2D eigenvalue weighted by molar-refractivity contribution is -0.933. The van der Waals surface area contributed by atoms with Crippen LogP contribution in [0, 0.1) is 0 Å². The molecule has 2 aromatic rings. The van der Waals surface area contributed by atoms with Gasteiger partial charge in [-0.25, -0.2) is 0 Å². The molecule has 7 heteroatoms. The normalized spacial score (nSPS) is 19.5. The van der Waals surface area contributed by atoms with Gasteiger partial charge >= 0.3 is 0 Å². The maximum absolute atomic E-state index is 12.5. The molecule has 0 unspecified atom stereocenters. The number of thioether (sulfide) groups is 1. The molecule has 1 aromatic heterocycles. The van der Waals surface area contributed by atoms with Crippen molar-refractivity contribution in [2.75, 3.05) is 31.9 Å². The summed E-state index contributed by atoms with van der Waals surface area (Å²) in [5.74, 6) is 1.71. The van der Waals surface area contributed by atoms with E-state index < -0.39 is 0 Å². The Morgan fingerprint density at radius 1 is 1.27 bits per heavy atom. The van der Waals surface area contributed by atoms with Gasteiger partial charge in [0.05, 0.1) is 31.9 Å². The van der Waals surface area contributed by atoms with Crippen LogP contribution < -0.4 is 4.90 Å². The van der Waals surface area contributed by atoms with E-state index in [4.69, 9.17) is 4.42 Å². The number of hydrogen-bond donors (Lipinski definition) is 1. The minimum Gasteiger partial charge on any atom is -0.416 e. The van der Waals surface area contributed by atoms with E-state index in [1.54, 1.807) is 4.90 Å². The van der Waals surface area contributed by atoms with Crippen LogP contribution in [-0.4, -0.2) is 52.9 Å². The highest BCUT2D eigenvalue weighted by Gasteiger charge is 2.30. The molecule has 0 bridgehead atoms. The molecule has 1 aliphatic heterocycles. The van der Waals surface area contributed by atoms with E-state index in [-0.39, 0.29) is 5.91 Å². The van der Waals surface area contributed by atoms with Crippen molar-refractivity contribution in [1.29, 1.82) is 0 Å². The van der Waals surface area contributed by atoms with Crippen LogP contribution in [0.3, 0.4) is 0 Å². The quantitative estimate of drug-likeness (QED) is 0.778. The number of carbonyl (C=O) groups is 1. The summed E-state index contributed by atoms with van der Waals surface area (Å²) in [6, 6.07) is 11.1. The molecule has 4 rings (SSSR count). The van der Waals surface area contributed by atoms with E-state index in [2.05, 4.69) is 47.5 Å². The Kier molecular flexibility index (Phi) is 5.26. The highest BCUT2D eigenvalue weighted by atomic mass is 32.2. The number of benzene rings is 1. The highest BCUT2D eigenvalue weighted by Crippen LogP contribution is 2.39. The lowest BCUT2D eigenvalue weighted by atomic mass is 10.1. The molecular weight excluding hydrogens is 348 g/mol. The Bertz CT molecular complexity index is 739. The predicted octanol–water partition coefficient (Wildman–Crippen LogP) is 1.53. The molecule has 1 N–H and O–H groups in total. The number of hydrogen-bond acceptors (Lipinski definition) is 5. The topological polar surface area (TPSA) is 63.7 Å². The molecule has 138 valence electrons. The Balaban J connectivity index is 1.24. The maximum Gasteiger partial charge on any atom is 0.277 e. The Labute approximate surface area is 157 Å². The van der Waals surface area contributed by atoms with E-state index in [0.717, 1.165) is 44.9 Å². The third-order valence-corrected chi connectivity index (χ3v) is 6.14. The van der Waals surface area contributed by atoms with Gasteiger partial charge in [0, 0.05) is 11.5 Å². The summed E-state index contributed by atoms with van der Waals surface area (Å²) in [5, 5.41) is 8.61. The summed E-state index contributed by atoms with van der Waals surface area (Å²) >= 11 is 1.35. The minimum atomic E-state index is 0.160. The summed E-state index contributed by atoms with van der Waals surface area (Å²) < 4.78 is 5.61. The summed E-state index contributed by atoms with van der Waals surface area (Å²) in [6.45, 7) is 5.86. The van der Waals surface area contributed by atoms with Gasteiger partial charge in [-0.05, 0) is 19.8 Å². The molecule has 0 radical (unpaired) electrons. The number of nitrogens with one attached hydrogen (secondary N) is 1. The second-order valence-electron chi connectivity index (χ2n) is 7.14. The van der Waals surface area contributed by atoms with E-state index in [1.165, 1.54) is 17.3 Å². The number of rotatable bonds is 6. The summed E-state index contributed by atoms with van der Waals surface area (Å²) in [7, 11) is 0. The molecule has 2 aliphatic rings. The van der Waals surface area contributed by atoms with Crippen molar-refractivity contribution in [3.05, 3.63) is 41.8 Å². The van der Waals surface area contributed by atoms with Crippen molar-refractivity contribution in [1.82, 2.24) is 15.1 Å². The second kappa shape index (κ2) is 7.80. The van der Waals surface area contributed by atoms with Gasteiger partial charge in [-0.15, -0.1) is 10.2 Å². The third-order valence-electron chi connectivity index (χ3n) is 5.34. The van der Waals surface area contributed by atoms with Gasteiger partial charge in [-0.1, -0.05) is 42.1 Å². The number of nitrogens with zero attached hydrogens (tertiary/aromatic N) is 3. The first-order chi connectivity index (χ1) is 12.7. The number of quaternary nitrogens is 1. The summed E-state index contributed by atoms with van der Waals surface area (Å²) in [4.78, 5) is 16.0. The van der Waals surface area contributed by atoms with Crippen molar-refractivity contribution in [3.8, 4) is 0 Å². The molecule has 1 aromatic carbocycles. The molecular formula is C19H25N4O2S+. The third kappa shape index (κ3) is 4.10. The fourth-order valence-electron chi connectivity index (χ4n) is 3.44. The van der Waals surface area contributed by atoms with E-state index in [1.807, 2.05) is 4.90 Å². The molecule has 1 atom stereocenters. The number of amides is 1. The Morgan fingerprint density at radius 2 is 2.00 bits per heavy atom. The van der Waals surface area contributed by atoms with Gasteiger partial charge < -0.3 is 14.2 Å². The first kappa shape index (κ1) is 17.5. The van der Waals surface area contributed by atoms with Crippen LogP contribution in [0.15, 0.2) is 40.0 Å². The van der Waals surface area contributed by atoms with Gasteiger partial charge in [0.2, 0.25) is 11.8 Å². The van der Waals surface area contributed by atoms with E-state index in [0.29, 0.717) is 22.9 Å². The predicted molar refractivity (Wildman–Crippen MR) is 99.1 cm³/mol. The van der Waals surface area contributed by atoms with Gasteiger partial charge in [0.1, 0.15) is 6.04 Å². The first-order valence-corrected chi connectivity index (χ1v) is 10.3. The molecule has 2 fully saturated rings. The van der Waals surface area contributed by atoms with Crippen LogP contribution in [0.1, 0.15) is 43.2 Å². The average Bonchev–Trinajstić information content (AvgIpc) is 3.44. The fraction of sp³-hybridized carbons (Fsp3) is 0.526. The van der Waals surface area contributed by atoms with Crippen LogP contribution >= 0.6 is 11.8 Å². The van der Waals surface area contributed by atoms with Crippen LogP contribution in [0.25, 0.3) is 0 Å². The number of piperazine rings is 1. The lowest BCUT2D eigenvalue weighted by Gasteiger charge is -2.35. The molecule has 1 saturated heterocycles.